The maximum absolute atomic E-state index is 5.68. The van der Waals surface area contributed by atoms with Crippen molar-refractivity contribution < 1.29 is 8.83 Å². The predicted molar refractivity (Wildman–Crippen MR) is 96.2 cm³/mol. The van der Waals surface area contributed by atoms with Gasteiger partial charge in [0, 0.05) is 4.88 Å². The largest absolute Gasteiger partial charge is 0.459 e. The molecule has 5 nitrogen and oxygen atoms in total. The highest BCUT2D eigenvalue weighted by Crippen LogP contribution is 2.27. The van der Waals surface area contributed by atoms with E-state index in [0.717, 1.165) is 0 Å². The number of hydrogen-bond acceptors (Lipinski definition) is 6. The molecular formula is C19H17N3O2S. The van der Waals surface area contributed by atoms with Crippen molar-refractivity contribution in [2.24, 2.45) is 0 Å². The molecule has 126 valence electrons. The molecule has 0 bridgehead atoms. The van der Waals surface area contributed by atoms with Gasteiger partial charge in [-0.05, 0) is 36.1 Å². The van der Waals surface area contributed by atoms with Crippen molar-refractivity contribution in [1.29, 1.82) is 0 Å². The van der Waals surface area contributed by atoms with Gasteiger partial charge in [-0.2, -0.15) is 0 Å². The van der Waals surface area contributed by atoms with Crippen LogP contribution in [0.1, 0.15) is 27.9 Å². The van der Waals surface area contributed by atoms with E-state index in [9.17, 15) is 0 Å². The number of aromatic nitrogens is 2. The smallest absolute Gasteiger partial charge is 0.283 e. The van der Waals surface area contributed by atoms with Crippen LogP contribution in [-0.4, -0.2) is 10.2 Å². The van der Waals surface area contributed by atoms with Gasteiger partial charge in [0.1, 0.15) is 0 Å². The molecule has 0 saturated carbocycles. The van der Waals surface area contributed by atoms with E-state index in [1.807, 2.05) is 0 Å². The van der Waals surface area contributed by atoms with E-state index in [2.05, 4.69) is 64.2 Å². The van der Waals surface area contributed by atoms with Crippen LogP contribution >= 0.6 is 11.3 Å². The van der Waals surface area contributed by atoms with Crippen LogP contribution in [0, 0.1) is 6.92 Å². The first kappa shape index (κ1) is 15.8. The minimum Gasteiger partial charge on any atom is -0.459 e. The summed E-state index contributed by atoms with van der Waals surface area (Å²) in [5.74, 6) is 1.50. The lowest BCUT2D eigenvalue weighted by atomic mass is 10.0. The van der Waals surface area contributed by atoms with E-state index in [-0.39, 0.29) is 6.04 Å². The molecule has 3 aromatic heterocycles. The van der Waals surface area contributed by atoms with Gasteiger partial charge in [-0.25, -0.2) is 0 Å². The van der Waals surface area contributed by atoms with Gasteiger partial charge in [0.05, 0.1) is 18.8 Å². The quantitative estimate of drug-likeness (QED) is 0.551. The number of furan rings is 1. The summed E-state index contributed by atoms with van der Waals surface area (Å²) in [4.78, 5) is 1.25. The summed E-state index contributed by atoms with van der Waals surface area (Å²) in [6, 6.07) is 16.4. The number of hydrogen-bond donors (Lipinski definition) is 1. The van der Waals surface area contributed by atoms with Crippen LogP contribution in [-0.2, 0) is 6.54 Å². The number of nitrogens with zero attached hydrogens (tertiary/aromatic N) is 2. The van der Waals surface area contributed by atoms with Crippen LogP contribution in [0.15, 0.2) is 69.0 Å². The highest BCUT2D eigenvalue weighted by atomic mass is 32.1. The molecular weight excluding hydrogens is 334 g/mol. The van der Waals surface area contributed by atoms with Gasteiger partial charge in [0.25, 0.3) is 5.89 Å². The minimum absolute atomic E-state index is 0.0829. The van der Waals surface area contributed by atoms with Gasteiger partial charge in [-0.15, -0.1) is 21.5 Å². The second-order valence-electron chi connectivity index (χ2n) is 5.72. The lowest BCUT2D eigenvalue weighted by Gasteiger charge is -2.17. The fourth-order valence-corrected chi connectivity index (χ4v) is 3.44. The van der Waals surface area contributed by atoms with Crippen LogP contribution in [0.25, 0.3) is 11.7 Å². The molecule has 25 heavy (non-hydrogen) atoms. The zero-order valence-corrected chi connectivity index (χ0v) is 14.5. The third-order valence-electron chi connectivity index (χ3n) is 3.89. The summed E-state index contributed by atoms with van der Waals surface area (Å²) < 4.78 is 11.0. The fraction of sp³-hybridized carbons (Fsp3) is 0.158. The second kappa shape index (κ2) is 7.04. The molecule has 0 aliphatic heterocycles. The molecule has 6 heteroatoms. The molecule has 1 aromatic carbocycles. The highest BCUT2D eigenvalue weighted by molar-refractivity contribution is 7.10. The molecule has 0 fully saturated rings. The molecule has 3 heterocycles. The van der Waals surface area contributed by atoms with Crippen LogP contribution in [0.3, 0.4) is 0 Å². The van der Waals surface area contributed by atoms with Gasteiger partial charge in [-0.1, -0.05) is 35.9 Å². The van der Waals surface area contributed by atoms with E-state index in [0.29, 0.717) is 24.1 Å². The van der Waals surface area contributed by atoms with Crippen molar-refractivity contribution in [3.63, 3.8) is 0 Å². The van der Waals surface area contributed by atoms with Crippen LogP contribution < -0.4 is 5.32 Å². The maximum Gasteiger partial charge on any atom is 0.283 e. The lowest BCUT2D eigenvalue weighted by molar-refractivity contribution is 0.450. The topological polar surface area (TPSA) is 64.1 Å². The highest BCUT2D eigenvalue weighted by Gasteiger charge is 2.17. The van der Waals surface area contributed by atoms with Crippen molar-refractivity contribution in [3.05, 3.63) is 82.1 Å². The van der Waals surface area contributed by atoms with Crippen LogP contribution in [0.4, 0.5) is 0 Å². The molecule has 1 N–H and O–H groups in total. The van der Waals surface area contributed by atoms with Gasteiger partial charge in [-0.3, -0.25) is 5.32 Å². The van der Waals surface area contributed by atoms with E-state index in [1.54, 1.807) is 29.7 Å². The van der Waals surface area contributed by atoms with Crippen molar-refractivity contribution >= 4 is 11.3 Å². The molecule has 4 aromatic rings. The summed E-state index contributed by atoms with van der Waals surface area (Å²) in [5.41, 5.74) is 2.45. The van der Waals surface area contributed by atoms with Gasteiger partial charge >= 0.3 is 0 Å². The Kier molecular flexibility index (Phi) is 4.45. The molecule has 0 saturated heterocycles. The second-order valence-corrected chi connectivity index (χ2v) is 6.70. The summed E-state index contributed by atoms with van der Waals surface area (Å²) >= 11 is 1.72. The summed E-state index contributed by atoms with van der Waals surface area (Å²) in [6.45, 7) is 2.57. The first-order chi connectivity index (χ1) is 12.3. The first-order valence-electron chi connectivity index (χ1n) is 7.99. The normalized spacial score (nSPS) is 12.4. The van der Waals surface area contributed by atoms with Crippen molar-refractivity contribution in [1.82, 2.24) is 15.5 Å². The van der Waals surface area contributed by atoms with Gasteiger partial charge < -0.3 is 8.83 Å². The number of nitrogens with one attached hydrogen (secondary N) is 1. The number of benzene rings is 1. The van der Waals surface area contributed by atoms with E-state index < -0.39 is 0 Å². The van der Waals surface area contributed by atoms with Crippen molar-refractivity contribution in [2.75, 3.05) is 0 Å². The molecule has 1 atom stereocenters. The Labute approximate surface area is 149 Å². The van der Waals surface area contributed by atoms with Crippen molar-refractivity contribution in [3.8, 4) is 11.7 Å². The van der Waals surface area contributed by atoms with E-state index >= 15 is 0 Å². The Hall–Kier alpha value is -2.70. The zero-order valence-electron chi connectivity index (χ0n) is 13.7. The molecule has 0 aliphatic rings. The summed E-state index contributed by atoms with van der Waals surface area (Å²) in [6.07, 6.45) is 1.58. The molecule has 0 radical (unpaired) electrons. The fourth-order valence-electron chi connectivity index (χ4n) is 2.61. The third-order valence-corrected chi connectivity index (χ3v) is 4.83. The average molecular weight is 351 g/mol. The average Bonchev–Trinajstić information content (AvgIpc) is 3.39. The summed E-state index contributed by atoms with van der Waals surface area (Å²) in [7, 11) is 0. The SMILES string of the molecule is Cc1ccc([C@H](NCc2nnc(-c3ccco3)o2)c2cccs2)cc1. The zero-order chi connectivity index (χ0) is 17.1. The third kappa shape index (κ3) is 3.55. The molecule has 4 rings (SSSR count). The Balaban J connectivity index is 1.52. The molecule has 0 amide bonds. The van der Waals surface area contributed by atoms with Gasteiger partial charge in [0.15, 0.2) is 5.76 Å². The first-order valence-corrected chi connectivity index (χ1v) is 8.87. The summed E-state index contributed by atoms with van der Waals surface area (Å²) in [5, 5.41) is 13.7. The Morgan fingerprint density at radius 1 is 1.08 bits per heavy atom. The van der Waals surface area contributed by atoms with E-state index in [4.69, 9.17) is 8.83 Å². The van der Waals surface area contributed by atoms with Gasteiger partial charge in [0.2, 0.25) is 5.89 Å². The van der Waals surface area contributed by atoms with Crippen LogP contribution in [0.2, 0.25) is 0 Å². The molecule has 0 unspecified atom stereocenters. The maximum atomic E-state index is 5.68. The Morgan fingerprint density at radius 2 is 1.96 bits per heavy atom. The van der Waals surface area contributed by atoms with E-state index in [1.165, 1.54) is 16.0 Å². The van der Waals surface area contributed by atoms with Crippen molar-refractivity contribution in [2.45, 2.75) is 19.5 Å². The number of thiophene rings is 1. The monoisotopic (exact) mass is 351 g/mol. The standard InChI is InChI=1S/C19H17N3O2S/c1-13-6-8-14(9-7-13)18(16-5-3-11-25-16)20-12-17-21-22-19(24-17)15-4-2-10-23-15/h2-11,18,20H,12H2,1H3/t18-/m0/s1. The number of aryl methyl sites for hydroxylation is 1. The Morgan fingerprint density at radius 3 is 2.68 bits per heavy atom. The van der Waals surface area contributed by atoms with Crippen LogP contribution in [0.5, 0.6) is 0 Å². The Bertz CT molecular complexity index is 912. The molecule has 0 aliphatic carbocycles. The number of rotatable bonds is 6. The predicted octanol–water partition coefficient (Wildman–Crippen LogP) is 4.58. The minimum atomic E-state index is 0.0829. The molecule has 0 spiro atoms. The lowest BCUT2D eigenvalue weighted by Crippen LogP contribution is -2.21.